The lowest BCUT2D eigenvalue weighted by Gasteiger charge is -2.08. The van der Waals surface area contributed by atoms with Gasteiger partial charge in [0.05, 0.1) is 0 Å². The lowest BCUT2D eigenvalue weighted by atomic mass is 10.2. The van der Waals surface area contributed by atoms with Gasteiger partial charge in [0.25, 0.3) is 0 Å². The number of nitrogens with zero attached hydrogens (tertiary/aromatic N) is 3. The van der Waals surface area contributed by atoms with Crippen molar-refractivity contribution < 1.29 is 14.3 Å². The van der Waals surface area contributed by atoms with Crippen molar-refractivity contribution in [2.75, 3.05) is 0 Å². The average Bonchev–Trinajstić information content (AvgIpc) is 3.29. The van der Waals surface area contributed by atoms with E-state index in [4.69, 9.17) is 4.52 Å². The van der Waals surface area contributed by atoms with Crippen LogP contribution in [0.25, 0.3) is 17.1 Å². The third kappa shape index (κ3) is 3.42. The van der Waals surface area contributed by atoms with Gasteiger partial charge in [-0.3, -0.25) is 4.52 Å². The van der Waals surface area contributed by atoms with Crippen LogP contribution >= 0.6 is 11.3 Å². The molecule has 0 unspecified atom stereocenters. The Balaban J connectivity index is 1.71. The monoisotopic (exact) mass is 378 g/mol. The van der Waals surface area contributed by atoms with Gasteiger partial charge in [-0.15, -0.1) is 11.3 Å². The van der Waals surface area contributed by atoms with Gasteiger partial charge in [-0.1, -0.05) is 48.0 Å². The standard InChI is InChI=1S/C19H14N4O3S/c1-12-7-9-14(10-8-12)23-16(18(25)26-22-23)15-11-27-19(20-15)21-17(24)13-5-3-2-4-6-13/h2-11H,1H3,(H-,20,21,22,24,25). The summed E-state index contributed by atoms with van der Waals surface area (Å²) in [6.45, 7) is 1.98. The molecule has 0 aliphatic heterocycles. The summed E-state index contributed by atoms with van der Waals surface area (Å²) in [7, 11) is 0. The van der Waals surface area contributed by atoms with Gasteiger partial charge in [-0.25, -0.2) is 14.8 Å². The summed E-state index contributed by atoms with van der Waals surface area (Å²) in [6.07, 6.45) is 0. The molecule has 4 rings (SSSR count). The molecule has 4 aromatic rings. The van der Waals surface area contributed by atoms with Gasteiger partial charge >= 0.3 is 11.3 Å². The minimum atomic E-state index is -0.554. The van der Waals surface area contributed by atoms with Crippen molar-refractivity contribution in [3.8, 4) is 17.1 Å². The number of hydrogen-bond acceptors (Lipinski definition) is 6. The zero-order valence-corrected chi connectivity index (χ0v) is 15.1. The molecule has 134 valence electrons. The molecule has 0 bridgehead atoms. The Morgan fingerprint density at radius 1 is 1.19 bits per heavy atom. The van der Waals surface area contributed by atoms with Crippen molar-refractivity contribution in [3.63, 3.8) is 0 Å². The molecule has 0 atom stereocenters. The zero-order valence-electron chi connectivity index (χ0n) is 14.2. The summed E-state index contributed by atoms with van der Waals surface area (Å²) < 4.78 is 6.46. The fourth-order valence-electron chi connectivity index (χ4n) is 2.52. The van der Waals surface area contributed by atoms with Gasteiger partial charge < -0.3 is 5.11 Å². The largest absolute Gasteiger partial charge is 0.858 e. The SMILES string of the molecule is Cc1ccc(-[n+]2[nH]oc(=O)c2-c2csc(/N=C(\[O-])c3ccccc3)n2)cc1. The van der Waals surface area contributed by atoms with E-state index in [-0.39, 0.29) is 16.7 Å². The number of aromatic nitrogens is 3. The summed E-state index contributed by atoms with van der Waals surface area (Å²) in [4.78, 5) is 20.5. The molecule has 1 N–H and O–H groups in total. The van der Waals surface area contributed by atoms with E-state index in [0.29, 0.717) is 11.3 Å². The topological polar surface area (TPSA) is 98.2 Å². The van der Waals surface area contributed by atoms with E-state index in [1.54, 1.807) is 29.6 Å². The van der Waals surface area contributed by atoms with Crippen molar-refractivity contribution >= 4 is 22.4 Å². The molecule has 0 saturated heterocycles. The number of hydrogen-bond donors (Lipinski definition) is 1. The lowest BCUT2D eigenvalue weighted by Crippen LogP contribution is -2.36. The van der Waals surface area contributed by atoms with Gasteiger partial charge in [0.1, 0.15) is 0 Å². The molecule has 0 spiro atoms. The Kier molecular flexibility index (Phi) is 4.39. The number of aryl methyl sites for hydroxylation is 1. The summed E-state index contributed by atoms with van der Waals surface area (Å²) in [6, 6.07) is 16.3. The van der Waals surface area contributed by atoms with Crippen LogP contribution in [0.4, 0.5) is 5.13 Å². The van der Waals surface area contributed by atoms with Crippen LogP contribution in [0.1, 0.15) is 11.1 Å². The number of benzene rings is 2. The van der Waals surface area contributed by atoms with E-state index in [9.17, 15) is 9.90 Å². The Bertz CT molecular complexity index is 1160. The third-order valence-electron chi connectivity index (χ3n) is 3.89. The molecule has 2 aromatic carbocycles. The van der Waals surface area contributed by atoms with Gasteiger partial charge in [0, 0.05) is 17.5 Å². The minimum Gasteiger partial charge on any atom is -0.858 e. The molecular weight excluding hydrogens is 364 g/mol. The van der Waals surface area contributed by atoms with Gasteiger partial charge in [-0.2, -0.15) is 0 Å². The highest BCUT2D eigenvalue weighted by Gasteiger charge is 2.27. The van der Waals surface area contributed by atoms with E-state index in [0.717, 1.165) is 11.3 Å². The van der Waals surface area contributed by atoms with E-state index in [1.165, 1.54) is 16.0 Å². The lowest BCUT2D eigenvalue weighted by molar-refractivity contribution is -0.660. The van der Waals surface area contributed by atoms with Gasteiger partial charge in [0.2, 0.25) is 10.8 Å². The van der Waals surface area contributed by atoms with Crippen LogP contribution in [0.2, 0.25) is 0 Å². The minimum absolute atomic E-state index is 0.240. The van der Waals surface area contributed by atoms with Crippen LogP contribution in [0, 0.1) is 6.92 Å². The summed E-state index contributed by atoms with van der Waals surface area (Å²) in [5.74, 6) is -0.385. The number of rotatable bonds is 4. The van der Waals surface area contributed by atoms with Crippen LogP contribution in [-0.4, -0.2) is 16.2 Å². The van der Waals surface area contributed by atoms with Crippen LogP contribution in [-0.2, 0) is 0 Å². The molecule has 7 nitrogen and oxygen atoms in total. The second-order valence-corrected chi connectivity index (χ2v) is 6.64. The molecule has 27 heavy (non-hydrogen) atoms. The van der Waals surface area contributed by atoms with Crippen molar-refractivity contribution in [2.24, 2.45) is 4.99 Å². The summed E-state index contributed by atoms with van der Waals surface area (Å²) in [5, 5.41) is 16.7. The van der Waals surface area contributed by atoms with E-state index in [1.807, 2.05) is 37.3 Å². The maximum atomic E-state index is 12.2. The fraction of sp³-hybridized carbons (Fsp3) is 0.0526. The number of aliphatic imine (C=N–C) groups is 1. The maximum Gasteiger partial charge on any atom is 0.437 e. The number of H-pyrrole nitrogens is 1. The molecule has 0 aliphatic carbocycles. The van der Waals surface area contributed by atoms with E-state index in [2.05, 4.69) is 15.2 Å². The molecule has 2 heterocycles. The van der Waals surface area contributed by atoms with E-state index >= 15 is 0 Å². The van der Waals surface area contributed by atoms with Crippen LogP contribution in [0.15, 0.2) is 74.3 Å². The van der Waals surface area contributed by atoms with Gasteiger partial charge in [-0.05, 0) is 28.3 Å². The molecule has 0 radical (unpaired) electrons. The molecule has 0 fully saturated rings. The predicted molar refractivity (Wildman–Crippen MR) is 99.3 cm³/mol. The first-order valence-corrected chi connectivity index (χ1v) is 8.97. The molecule has 0 amide bonds. The molecule has 0 saturated carbocycles. The van der Waals surface area contributed by atoms with Crippen LogP contribution in [0.3, 0.4) is 0 Å². The Morgan fingerprint density at radius 3 is 2.67 bits per heavy atom. The quantitative estimate of drug-likeness (QED) is 0.334. The predicted octanol–water partition coefficient (Wildman–Crippen LogP) is 2.12. The van der Waals surface area contributed by atoms with Crippen molar-refractivity contribution in [3.05, 3.63) is 81.5 Å². The zero-order chi connectivity index (χ0) is 18.8. The van der Waals surface area contributed by atoms with Crippen LogP contribution < -0.4 is 15.4 Å². The summed E-state index contributed by atoms with van der Waals surface area (Å²) in [5.41, 5.74) is 2.38. The number of aromatic amines is 1. The normalized spacial score (nSPS) is 11.7. The van der Waals surface area contributed by atoms with Crippen molar-refractivity contribution in [1.29, 1.82) is 0 Å². The Morgan fingerprint density at radius 2 is 1.93 bits per heavy atom. The van der Waals surface area contributed by atoms with Crippen molar-refractivity contribution in [2.45, 2.75) is 6.92 Å². The number of thiazole rings is 1. The van der Waals surface area contributed by atoms with Crippen molar-refractivity contribution in [1.82, 2.24) is 10.3 Å². The Hall–Kier alpha value is -3.52. The molecule has 8 heteroatoms. The molecular formula is C19H14N4O3S. The smallest absolute Gasteiger partial charge is 0.437 e. The highest BCUT2D eigenvalue weighted by Crippen LogP contribution is 2.24. The first-order valence-electron chi connectivity index (χ1n) is 8.09. The summed E-state index contributed by atoms with van der Waals surface area (Å²) >= 11 is 1.18. The first kappa shape index (κ1) is 16.9. The number of nitrogens with one attached hydrogen (secondary N) is 1. The second-order valence-electron chi connectivity index (χ2n) is 5.80. The maximum absolute atomic E-state index is 12.2. The first-order chi connectivity index (χ1) is 13.1. The second kappa shape index (κ2) is 7.00. The van der Waals surface area contributed by atoms with Crippen LogP contribution in [0.5, 0.6) is 0 Å². The molecule has 2 aromatic heterocycles. The Labute approximate surface area is 157 Å². The highest BCUT2D eigenvalue weighted by molar-refractivity contribution is 7.13. The van der Waals surface area contributed by atoms with Gasteiger partial charge in [0.15, 0.2) is 5.69 Å². The fourth-order valence-corrected chi connectivity index (χ4v) is 3.19. The third-order valence-corrected chi connectivity index (χ3v) is 4.63. The highest BCUT2D eigenvalue weighted by atomic mass is 32.1. The average molecular weight is 378 g/mol. The molecule has 0 aliphatic rings. The van der Waals surface area contributed by atoms with E-state index < -0.39 is 5.63 Å².